The lowest BCUT2D eigenvalue weighted by Gasteiger charge is -2.50. The maximum Gasteiger partial charge on any atom is 0.384 e. The fourth-order valence-corrected chi connectivity index (χ4v) is 3.45. The molecule has 17 heteroatoms. The number of fused-ring (bicyclic) bond motifs is 1. The summed E-state index contributed by atoms with van der Waals surface area (Å²) in [7, 11) is 0. The Morgan fingerprint density at radius 3 is 1.35 bits per heavy atom. The monoisotopic (exact) mass is 566 g/mol. The van der Waals surface area contributed by atoms with E-state index < -0.39 is 65.3 Å². The minimum absolute atomic E-state index is 0.257. The molecule has 0 atom stereocenters. The summed E-state index contributed by atoms with van der Waals surface area (Å²) in [6.07, 6.45) is 0. The number of carbonyl (C=O) groups excluding carboxylic acids is 1. The molecule has 1 fully saturated rings. The molecule has 2 nitrogen and oxygen atoms in total. The Morgan fingerprint density at radius 2 is 0.919 bits per heavy atom. The Hall–Kier alpha value is -2.88. The maximum atomic E-state index is 15.0. The van der Waals surface area contributed by atoms with Gasteiger partial charge < -0.3 is 4.74 Å². The van der Waals surface area contributed by atoms with E-state index >= 15 is 4.39 Å². The van der Waals surface area contributed by atoms with Crippen LogP contribution >= 0.6 is 0 Å². The summed E-state index contributed by atoms with van der Waals surface area (Å²) < 4.78 is 213. The molecule has 0 aromatic heterocycles. The van der Waals surface area contributed by atoms with Crippen LogP contribution in [0.3, 0.4) is 0 Å². The summed E-state index contributed by atoms with van der Waals surface area (Å²) in [5, 5.41) is 0.703. The van der Waals surface area contributed by atoms with Gasteiger partial charge in [-0.05, 0) is 22.4 Å². The standard InChI is InChI=1S/C20H9F15O2/c21-13(12(36)37-8-9-5-6-10-3-1-2-4-11(10)7-9)14(22,23)16(26,27)18(30,31)20(34,35)19(32,33)17(28,29)15(13,24)25/h1-7H,8H2. The van der Waals surface area contributed by atoms with E-state index in [1.165, 1.54) is 30.3 Å². The van der Waals surface area contributed by atoms with E-state index in [4.69, 9.17) is 0 Å². The predicted octanol–water partition coefficient (Wildman–Crippen LogP) is 7.05. The Morgan fingerprint density at radius 1 is 0.541 bits per heavy atom. The highest BCUT2D eigenvalue weighted by Gasteiger charge is 3.03. The van der Waals surface area contributed by atoms with Crippen LogP contribution in [0.15, 0.2) is 42.5 Å². The number of hydrogen-bond acceptors (Lipinski definition) is 2. The fourth-order valence-electron chi connectivity index (χ4n) is 3.45. The zero-order valence-electron chi connectivity index (χ0n) is 17.2. The van der Waals surface area contributed by atoms with Crippen LogP contribution in [0.25, 0.3) is 10.8 Å². The molecule has 0 aliphatic heterocycles. The Bertz CT molecular complexity index is 1180. The molecule has 1 saturated carbocycles. The fraction of sp³-hybridized carbons (Fsp3) is 0.450. The molecule has 0 heterocycles. The van der Waals surface area contributed by atoms with E-state index in [9.17, 15) is 66.3 Å². The summed E-state index contributed by atoms with van der Waals surface area (Å²) in [5.41, 5.74) is -8.14. The minimum atomic E-state index is -8.31. The largest absolute Gasteiger partial charge is 0.458 e. The molecule has 1 aliphatic carbocycles. The van der Waals surface area contributed by atoms with Gasteiger partial charge in [-0.25, -0.2) is 9.18 Å². The summed E-state index contributed by atoms with van der Waals surface area (Å²) in [6, 6.07) is 8.94. The maximum absolute atomic E-state index is 15.0. The van der Waals surface area contributed by atoms with E-state index in [1.807, 2.05) is 0 Å². The molecule has 206 valence electrons. The van der Waals surface area contributed by atoms with Crippen LogP contribution in [0.1, 0.15) is 5.56 Å². The van der Waals surface area contributed by atoms with Gasteiger partial charge >= 0.3 is 53.1 Å². The molecule has 2 aromatic carbocycles. The third-order valence-corrected chi connectivity index (χ3v) is 5.70. The van der Waals surface area contributed by atoms with Crippen molar-refractivity contribution in [2.45, 2.75) is 53.7 Å². The average molecular weight is 566 g/mol. The highest BCUT2D eigenvalue weighted by molar-refractivity contribution is 5.84. The Kier molecular flexibility index (Phi) is 6.06. The van der Waals surface area contributed by atoms with Crippen molar-refractivity contribution in [3.8, 4) is 0 Å². The van der Waals surface area contributed by atoms with Crippen molar-refractivity contribution in [3.05, 3.63) is 48.0 Å². The van der Waals surface area contributed by atoms with Crippen molar-refractivity contribution in [3.63, 3.8) is 0 Å². The van der Waals surface area contributed by atoms with Crippen molar-refractivity contribution >= 4 is 16.7 Å². The molecule has 0 N–H and O–H groups in total. The van der Waals surface area contributed by atoms with Crippen molar-refractivity contribution in [1.29, 1.82) is 0 Å². The number of rotatable bonds is 3. The topological polar surface area (TPSA) is 26.3 Å². The van der Waals surface area contributed by atoms with Gasteiger partial charge in [-0.15, -0.1) is 0 Å². The number of benzene rings is 2. The third-order valence-electron chi connectivity index (χ3n) is 5.70. The summed E-state index contributed by atoms with van der Waals surface area (Å²) in [5.74, 6) is -61.9. The van der Waals surface area contributed by atoms with Crippen LogP contribution in [-0.2, 0) is 16.1 Å². The highest BCUT2D eigenvalue weighted by Crippen LogP contribution is 2.70. The van der Waals surface area contributed by atoms with E-state index in [-0.39, 0.29) is 5.39 Å². The molecule has 0 amide bonds. The van der Waals surface area contributed by atoms with Crippen molar-refractivity contribution in [2.75, 3.05) is 0 Å². The molecule has 3 rings (SSSR count). The molecule has 0 unspecified atom stereocenters. The van der Waals surface area contributed by atoms with E-state index in [0.29, 0.717) is 5.39 Å². The zero-order chi connectivity index (χ0) is 28.7. The molecule has 37 heavy (non-hydrogen) atoms. The number of hydrogen-bond donors (Lipinski definition) is 0. The first-order chi connectivity index (χ1) is 16.5. The number of carbonyl (C=O) groups is 1. The van der Waals surface area contributed by atoms with Crippen LogP contribution in [0, 0.1) is 0 Å². The molecule has 0 bridgehead atoms. The van der Waals surface area contributed by atoms with Gasteiger partial charge in [0.1, 0.15) is 6.61 Å². The second kappa shape index (κ2) is 7.82. The lowest BCUT2D eigenvalue weighted by Crippen LogP contribution is -2.84. The highest BCUT2D eigenvalue weighted by atomic mass is 19.4. The number of esters is 1. The van der Waals surface area contributed by atoms with Gasteiger partial charge in [0, 0.05) is 0 Å². The van der Waals surface area contributed by atoms with Crippen molar-refractivity contribution in [1.82, 2.24) is 0 Å². The first-order valence-electron chi connectivity index (χ1n) is 9.45. The van der Waals surface area contributed by atoms with Crippen LogP contribution in [0.2, 0.25) is 0 Å². The van der Waals surface area contributed by atoms with Crippen molar-refractivity contribution < 1.29 is 75.4 Å². The summed E-state index contributed by atoms with van der Waals surface area (Å²) in [6.45, 7) is -1.64. The normalized spacial score (nSPS) is 26.0. The van der Waals surface area contributed by atoms with Crippen LogP contribution in [-0.4, -0.2) is 53.1 Å². The molecule has 0 spiro atoms. The minimum Gasteiger partial charge on any atom is -0.458 e. The molecular weight excluding hydrogens is 557 g/mol. The first kappa shape index (κ1) is 28.7. The van der Waals surface area contributed by atoms with Crippen LogP contribution < -0.4 is 0 Å². The van der Waals surface area contributed by atoms with Crippen LogP contribution in [0.5, 0.6) is 0 Å². The van der Waals surface area contributed by atoms with E-state index in [2.05, 4.69) is 4.74 Å². The molecule has 1 aliphatic rings. The van der Waals surface area contributed by atoms with Gasteiger partial charge in [0.2, 0.25) is 0 Å². The van der Waals surface area contributed by atoms with Gasteiger partial charge in [0.25, 0.3) is 0 Å². The second-order valence-corrected chi connectivity index (χ2v) is 7.94. The Balaban J connectivity index is 2.19. The number of ether oxygens (including phenoxy) is 1. The van der Waals surface area contributed by atoms with Crippen molar-refractivity contribution in [2.24, 2.45) is 0 Å². The smallest absolute Gasteiger partial charge is 0.384 e. The number of alkyl halides is 15. The second-order valence-electron chi connectivity index (χ2n) is 7.94. The first-order valence-corrected chi connectivity index (χ1v) is 9.45. The third kappa shape index (κ3) is 3.20. The molecule has 0 saturated heterocycles. The van der Waals surface area contributed by atoms with Gasteiger partial charge in [0.15, 0.2) is 0 Å². The lowest BCUT2D eigenvalue weighted by molar-refractivity contribution is -0.486. The average Bonchev–Trinajstić information content (AvgIpc) is 2.80. The summed E-state index contributed by atoms with van der Waals surface area (Å²) in [4.78, 5) is 11.9. The molecule has 2 aromatic rings. The quantitative estimate of drug-likeness (QED) is 0.294. The SMILES string of the molecule is O=C(OCc1ccc2ccccc2c1)C1(F)C(F)(F)C(F)(F)C(F)(F)C(F)(F)C(F)(F)C(F)(F)C1(F)F. The zero-order valence-corrected chi connectivity index (χ0v) is 17.2. The van der Waals surface area contributed by atoms with Gasteiger partial charge in [-0.1, -0.05) is 36.4 Å². The lowest BCUT2D eigenvalue weighted by atomic mass is 9.73. The number of halogens is 15. The predicted molar refractivity (Wildman–Crippen MR) is 92.2 cm³/mol. The molecule has 0 radical (unpaired) electrons. The van der Waals surface area contributed by atoms with Gasteiger partial charge in [0.05, 0.1) is 0 Å². The van der Waals surface area contributed by atoms with Crippen LogP contribution in [0.4, 0.5) is 65.9 Å². The van der Waals surface area contributed by atoms with E-state index in [1.54, 1.807) is 0 Å². The van der Waals surface area contributed by atoms with Gasteiger partial charge in [-0.2, -0.15) is 61.5 Å². The van der Waals surface area contributed by atoms with E-state index in [0.717, 1.165) is 12.1 Å². The van der Waals surface area contributed by atoms with Gasteiger partial charge in [-0.3, -0.25) is 0 Å². The summed E-state index contributed by atoms with van der Waals surface area (Å²) >= 11 is 0. The Labute approximate surface area is 195 Å². The molecular formula is C20H9F15O2.